The quantitative estimate of drug-likeness (QED) is 0.547. The molecule has 0 aliphatic carbocycles. The van der Waals surface area contributed by atoms with E-state index < -0.39 is 0 Å². The lowest BCUT2D eigenvalue weighted by Crippen LogP contribution is -2.48. The molecule has 118 valence electrons. The minimum atomic E-state index is 0.0929. The van der Waals surface area contributed by atoms with Crippen LogP contribution in [0.25, 0.3) is 0 Å². The molecule has 1 saturated heterocycles. The Bertz CT molecular complexity index is 413. The number of aliphatic hydroxyl groups is 1. The minimum Gasteiger partial charge on any atom is -0.394 e. The second-order valence-electron chi connectivity index (χ2n) is 5.31. The number of hydrogen-bond donors (Lipinski definition) is 3. The summed E-state index contributed by atoms with van der Waals surface area (Å²) in [6.07, 6.45) is 2.27. The second-order valence-corrected chi connectivity index (χ2v) is 6.09. The molecule has 0 aromatic carbocycles. The van der Waals surface area contributed by atoms with Gasteiger partial charge in [-0.15, -0.1) is 0 Å². The first kappa shape index (κ1) is 16.3. The fourth-order valence-electron chi connectivity index (χ4n) is 2.55. The Morgan fingerprint density at radius 2 is 2.29 bits per heavy atom. The summed E-state index contributed by atoms with van der Waals surface area (Å²) in [4.78, 5) is 6.85. The fraction of sp³-hybridized carbons (Fsp3) is 0.667. The van der Waals surface area contributed by atoms with E-state index >= 15 is 0 Å². The van der Waals surface area contributed by atoms with E-state index in [1.807, 2.05) is 0 Å². The van der Waals surface area contributed by atoms with Crippen LogP contribution in [-0.2, 0) is 6.54 Å². The molecule has 0 radical (unpaired) electrons. The van der Waals surface area contributed by atoms with E-state index in [1.165, 1.54) is 5.56 Å². The molecule has 1 aliphatic heterocycles. The molecule has 2 rings (SSSR count). The highest BCUT2D eigenvalue weighted by Crippen LogP contribution is 2.15. The van der Waals surface area contributed by atoms with Gasteiger partial charge in [0, 0.05) is 32.2 Å². The molecular formula is C15H26N4OS. The molecule has 1 aromatic heterocycles. The lowest BCUT2D eigenvalue weighted by atomic mass is 10.0. The molecule has 6 heteroatoms. The number of likely N-dealkylation sites (tertiary alicyclic amines) is 1. The zero-order valence-electron chi connectivity index (χ0n) is 12.7. The molecule has 1 fully saturated rings. The SMILES string of the molecule is CCNC(=NCCO)NC1CCN(Cc2ccsc2)CC1. The predicted octanol–water partition coefficient (Wildman–Crippen LogP) is 1.26. The summed E-state index contributed by atoms with van der Waals surface area (Å²) in [6.45, 7) is 6.74. The maximum absolute atomic E-state index is 8.88. The van der Waals surface area contributed by atoms with Gasteiger partial charge >= 0.3 is 0 Å². The van der Waals surface area contributed by atoms with Gasteiger partial charge in [0.15, 0.2) is 5.96 Å². The molecule has 0 saturated carbocycles. The van der Waals surface area contributed by atoms with Crippen LogP contribution in [0.3, 0.4) is 0 Å². The Balaban J connectivity index is 1.74. The molecule has 0 unspecified atom stereocenters. The van der Waals surface area contributed by atoms with Crippen molar-refractivity contribution in [2.24, 2.45) is 4.99 Å². The summed E-state index contributed by atoms with van der Waals surface area (Å²) >= 11 is 1.77. The van der Waals surface area contributed by atoms with Gasteiger partial charge in [0.25, 0.3) is 0 Å². The van der Waals surface area contributed by atoms with Crippen LogP contribution in [0.15, 0.2) is 21.8 Å². The average Bonchev–Trinajstić information content (AvgIpc) is 3.00. The number of nitrogens with one attached hydrogen (secondary N) is 2. The van der Waals surface area contributed by atoms with Gasteiger partial charge in [0.05, 0.1) is 13.2 Å². The molecule has 5 nitrogen and oxygen atoms in total. The number of rotatable bonds is 6. The van der Waals surface area contributed by atoms with Crippen molar-refractivity contribution in [1.82, 2.24) is 15.5 Å². The van der Waals surface area contributed by atoms with Crippen LogP contribution in [0.2, 0.25) is 0 Å². The van der Waals surface area contributed by atoms with Gasteiger partial charge in [-0.05, 0) is 42.2 Å². The summed E-state index contributed by atoms with van der Waals surface area (Å²) in [6, 6.07) is 2.68. The van der Waals surface area contributed by atoms with Crippen molar-refractivity contribution in [3.8, 4) is 0 Å². The number of aliphatic hydroxyl groups excluding tert-OH is 1. The molecule has 21 heavy (non-hydrogen) atoms. The Morgan fingerprint density at radius 3 is 2.90 bits per heavy atom. The summed E-state index contributed by atoms with van der Waals surface area (Å²) in [5.41, 5.74) is 1.42. The first-order valence-corrected chi connectivity index (χ1v) is 8.65. The molecule has 1 aliphatic rings. The molecule has 0 spiro atoms. The van der Waals surface area contributed by atoms with E-state index in [9.17, 15) is 0 Å². The van der Waals surface area contributed by atoms with Crippen molar-refractivity contribution in [3.63, 3.8) is 0 Å². The van der Waals surface area contributed by atoms with Crippen LogP contribution >= 0.6 is 11.3 Å². The first-order chi connectivity index (χ1) is 10.3. The number of piperidine rings is 1. The van der Waals surface area contributed by atoms with E-state index in [1.54, 1.807) is 11.3 Å². The summed E-state index contributed by atoms with van der Waals surface area (Å²) in [7, 11) is 0. The molecule has 0 amide bonds. The zero-order valence-corrected chi connectivity index (χ0v) is 13.5. The first-order valence-electron chi connectivity index (χ1n) is 7.71. The predicted molar refractivity (Wildman–Crippen MR) is 88.8 cm³/mol. The summed E-state index contributed by atoms with van der Waals surface area (Å²) < 4.78 is 0. The maximum Gasteiger partial charge on any atom is 0.191 e. The Labute approximate surface area is 131 Å². The Hall–Kier alpha value is -1.11. The van der Waals surface area contributed by atoms with Gasteiger partial charge in [-0.2, -0.15) is 11.3 Å². The van der Waals surface area contributed by atoms with E-state index in [0.29, 0.717) is 12.6 Å². The topological polar surface area (TPSA) is 59.9 Å². The number of hydrogen-bond acceptors (Lipinski definition) is 4. The fourth-order valence-corrected chi connectivity index (χ4v) is 3.21. The average molecular weight is 310 g/mol. The van der Waals surface area contributed by atoms with E-state index in [2.05, 4.69) is 44.3 Å². The monoisotopic (exact) mass is 310 g/mol. The van der Waals surface area contributed by atoms with Gasteiger partial charge in [0.2, 0.25) is 0 Å². The van der Waals surface area contributed by atoms with E-state index in [0.717, 1.165) is 45.0 Å². The molecule has 0 atom stereocenters. The Kier molecular flexibility index (Phi) is 6.99. The maximum atomic E-state index is 8.88. The highest BCUT2D eigenvalue weighted by atomic mass is 32.1. The highest BCUT2D eigenvalue weighted by molar-refractivity contribution is 7.07. The van der Waals surface area contributed by atoms with Crippen LogP contribution in [0.4, 0.5) is 0 Å². The van der Waals surface area contributed by atoms with Crippen molar-refractivity contribution in [1.29, 1.82) is 0 Å². The van der Waals surface area contributed by atoms with Crippen LogP contribution in [0.1, 0.15) is 25.3 Å². The number of aliphatic imine (C=N–C) groups is 1. The van der Waals surface area contributed by atoms with Gasteiger partial charge in [0.1, 0.15) is 0 Å². The normalized spacial score (nSPS) is 17.9. The van der Waals surface area contributed by atoms with Crippen molar-refractivity contribution in [2.45, 2.75) is 32.4 Å². The van der Waals surface area contributed by atoms with Crippen molar-refractivity contribution in [2.75, 3.05) is 32.8 Å². The zero-order chi connectivity index (χ0) is 14.9. The number of thiophene rings is 1. The molecule has 1 aromatic rings. The van der Waals surface area contributed by atoms with Crippen LogP contribution in [0.5, 0.6) is 0 Å². The summed E-state index contributed by atoms with van der Waals surface area (Å²) in [5.74, 6) is 0.822. The second kappa shape index (κ2) is 9.02. The van der Waals surface area contributed by atoms with Crippen molar-refractivity contribution >= 4 is 17.3 Å². The van der Waals surface area contributed by atoms with E-state index in [-0.39, 0.29) is 6.61 Å². The van der Waals surface area contributed by atoms with Crippen LogP contribution < -0.4 is 10.6 Å². The third-order valence-electron chi connectivity index (χ3n) is 3.63. The molecule has 3 N–H and O–H groups in total. The third-order valence-corrected chi connectivity index (χ3v) is 4.36. The van der Waals surface area contributed by atoms with Crippen molar-refractivity contribution in [3.05, 3.63) is 22.4 Å². The molecule has 0 bridgehead atoms. The lowest BCUT2D eigenvalue weighted by molar-refractivity contribution is 0.198. The standard InChI is InChI=1S/C15H26N4OS/c1-2-16-15(17-6-9-20)18-14-3-7-19(8-4-14)11-13-5-10-21-12-13/h5,10,12,14,20H,2-4,6-9,11H2,1H3,(H2,16,17,18). The third kappa shape index (κ3) is 5.65. The Morgan fingerprint density at radius 1 is 1.48 bits per heavy atom. The summed E-state index contributed by atoms with van der Waals surface area (Å²) in [5, 5.41) is 20.0. The molecular weight excluding hydrogens is 284 g/mol. The van der Waals surface area contributed by atoms with Crippen LogP contribution in [-0.4, -0.2) is 54.8 Å². The largest absolute Gasteiger partial charge is 0.394 e. The van der Waals surface area contributed by atoms with Gasteiger partial charge in [-0.3, -0.25) is 9.89 Å². The van der Waals surface area contributed by atoms with Gasteiger partial charge in [-0.1, -0.05) is 0 Å². The van der Waals surface area contributed by atoms with Crippen molar-refractivity contribution < 1.29 is 5.11 Å². The smallest absolute Gasteiger partial charge is 0.191 e. The number of nitrogens with zero attached hydrogens (tertiary/aromatic N) is 2. The highest BCUT2D eigenvalue weighted by Gasteiger charge is 2.20. The lowest BCUT2D eigenvalue weighted by Gasteiger charge is -2.32. The molecule has 2 heterocycles. The van der Waals surface area contributed by atoms with Crippen LogP contribution in [0, 0.1) is 0 Å². The minimum absolute atomic E-state index is 0.0929. The van der Waals surface area contributed by atoms with E-state index in [4.69, 9.17) is 5.11 Å². The van der Waals surface area contributed by atoms with Gasteiger partial charge in [-0.25, -0.2) is 0 Å². The number of guanidine groups is 1. The van der Waals surface area contributed by atoms with Gasteiger partial charge < -0.3 is 15.7 Å².